The summed E-state index contributed by atoms with van der Waals surface area (Å²) in [5, 5.41) is 0.936. The molecule has 0 aromatic carbocycles. The van der Waals surface area contributed by atoms with Crippen LogP contribution in [-0.4, -0.2) is 17.5 Å². The summed E-state index contributed by atoms with van der Waals surface area (Å²) >= 11 is 3.41. The molecule has 0 aromatic rings. The van der Waals surface area contributed by atoms with Crippen molar-refractivity contribution < 1.29 is 4.74 Å². The number of allylic oxidation sites excluding steroid dienone is 4. The molecule has 0 aliphatic rings. The smallest absolute Gasteiger partial charge is 0.0626 e. The van der Waals surface area contributed by atoms with Crippen LogP contribution in [0.15, 0.2) is 23.8 Å². The second-order valence-electron chi connectivity index (χ2n) is 5.93. The molecule has 1 nitrogen and oxygen atoms in total. The molecule has 19 heavy (non-hydrogen) atoms. The van der Waals surface area contributed by atoms with Crippen LogP contribution in [0, 0.1) is 5.92 Å². The minimum atomic E-state index is 0.0412. The van der Waals surface area contributed by atoms with Crippen molar-refractivity contribution in [2.24, 2.45) is 5.92 Å². The Balaban J connectivity index is 3.82. The molecule has 112 valence electrons. The van der Waals surface area contributed by atoms with Crippen LogP contribution in [0.4, 0.5) is 0 Å². The highest BCUT2D eigenvalue weighted by Crippen LogP contribution is 2.21. The van der Waals surface area contributed by atoms with Gasteiger partial charge in [0.2, 0.25) is 0 Å². The van der Waals surface area contributed by atoms with Gasteiger partial charge in [-0.3, -0.25) is 0 Å². The minimum absolute atomic E-state index is 0.0412. The standard InChI is InChI=1S/C17H31BrO/c1-6-19-17(4,5)13-8-11-15(2)9-7-10-16(3)12-14-18/h7,10,12,15H,6,8-9,11,13-14H2,1-5H3/b10-7+,16-12+. The first-order valence-electron chi connectivity index (χ1n) is 7.44. The van der Waals surface area contributed by atoms with Gasteiger partial charge in [-0.05, 0) is 46.5 Å². The molecule has 0 rings (SSSR count). The second kappa shape index (κ2) is 10.7. The number of hydrogen-bond acceptors (Lipinski definition) is 1. The fraction of sp³-hybridized carbons (Fsp3) is 0.765. The quantitative estimate of drug-likeness (QED) is 0.358. The van der Waals surface area contributed by atoms with Crippen LogP contribution < -0.4 is 0 Å². The van der Waals surface area contributed by atoms with Crippen LogP contribution in [-0.2, 0) is 4.74 Å². The maximum absolute atomic E-state index is 5.72. The average Bonchev–Trinajstić information content (AvgIpc) is 2.28. The molecule has 0 aliphatic carbocycles. The highest BCUT2D eigenvalue weighted by molar-refractivity contribution is 9.09. The molecule has 1 unspecified atom stereocenters. The number of hydrogen-bond donors (Lipinski definition) is 0. The second-order valence-corrected chi connectivity index (χ2v) is 6.58. The zero-order valence-corrected chi connectivity index (χ0v) is 14.9. The summed E-state index contributed by atoms with van der Waals surface area (Å²) in [6, 6.07) is 0. The van der Waals surface area contributed by atoms with Crippen LogP contribution in [0.3, 0.4) is 0 Å². The van der Waals surface area contributed by atoms with E-state index < -0.39 is 0 Å². The van der Waals surface area contributed by atoms with Crippen molar-refractivity contribution in [2.75, 3.05) is 11.9 Å². The largest absolute Gasteiger partial charge is 0.376 e. The molecular formula is C17H31BrO. The topological polar surface area (TPSA) is 9.23 Å². The average molecular weight is 331 g/mol. The van der Waals surface area contributed by atoms with E-state index in [0.29, 0.717) is 0 Å². The number of ether oxygens (including phenoxy) is 1. The van der Waals surface area contributed by atoms with Crippen LogP contribution in [0.25, 0.3) is 0 Å². The molecular weight excluding hydrogens is 300 g/mol. The van der Waals surface area contributed by atoms with Crippen molar-refractivity contribution in [1.29, 1.82) is 0 Å². The summed E-state index contributed by atoms with van der Waals surface area (Å²) in [7, 11) is 0. The first-order valence-corrected chi connectivity index (χ1v) is 8.56. The van der Waals surface area contributed by atoms with E-state index in [2.05, 4.69) is 68.8 Å². The molecule has 0 bridgehead atoms. The van der Waals surface area contributed by atoms with Crippen molar-refractivity contribution in [3.05, 3.63) is 23.8 Å². The maximum Gasteiger partial charge on any atom is 0.0626 e. The normalized spacial score (nSPS) is 15.2. The van der Waals surface area contributed by atoms with Gasteiger partial charge in [0.05, 0.1) is 5.60 Å². The lowest BCUT2D eigenvalue weighted by atomic mass is 9.95. The molecule has 0 amide bonds. The Morgan fingerprint density at radius 3 is 2.63 bits per heavy atom. The molecule has 0 saturated heterocycles. The summed E-state index contributed by atoms with van der Waals surface area (Å²) < 4.78 is 5.72. The summed E-state index contributed by atoms with van der Waals surface area (Å²) in [6.07, 6.45) is 11.6. The Morgan fingerprint density at radius 1 is 1.37 bits per heavy atom. The minimum Gasteiger partial charge on any atom is -0.376 e. The summed E-state index contributed by atoms with van der Waals surface area (Å²) in [5.41, 5.74) is 1.38. The molecule has 1 atom stereocenters. The van der Waals surface area contributed by atoms with Crippen molar-refractivity contribution >= 4 is 15.9 Å². The van der Waals surface area contributed by atoms with Crippen molar-refractivity contribution in [1.82, 2.24) is 0 Å². The highest BCUT2D eigenvalue weighted by Gasteiger charge is 2.17. The van der Waals surface area contributed by atoms with Gasteiger partial charge >= 0.3 is 0 Å². The van der Waals surface area contributed by atoms with Gasteiger partial charge in [0.1, 0.15) is 0 Å². The number of rotatable bonds is 10. The van der Waals surface area contributed by atoms with E-state index in [-0.39, 0.29) is 5.60 Å². The van der Waals surface area contributed by atoms with Crippen molar-refractivity contribution in [2.45, 2.75) is 65.9 Å². The van der Waals surface area contributed by atoms with Gasteiger partial charge in [0.25, 0.3) is 0 Å². The predicted molar refractivity (Wildman–Crippen MR) is 90.0 cm³/mol. The van der Waals surface area contributed by atoms with E-state index in [9.17, 15) is 0 Å². The van der Waals surface area contributed by atoms with Gasteiger partial charge in [-0.2, -0.15) is 0 Å². The van der Waals surface area contributed by atoms with Gasteiger partial charge in [-0.15, -0.1) is 0 Å². The molecule has 0 N–H and O–H groups in total. The fourth-order valence-corrected chi connectivity index (χ4v) is 2.64. The van der Waals surface area contributed by atoms with Gasteiger partial charge in [-0.1, -0.05) is 59.5 Å². The van der Waals surface area contributed by atoms with Crippen molar-refractivity contribution in [3.63, 3.8) is 0 Å². The SMILES string of the molecule is CCOC(C)(C)CCCC(C)C/C=C/C(C)=C/CBr. The van der Waals surface area contributed by atoms with E-state index in [0.717, 1.165) is 24.3 Å². The summed E-state index contributed by atoms with van der Waals surface area (Å²) in [4.78, 5) is 0. The van der Waals surface area contributed by atoms with E-state index in [1.807, 2.05) is 0 Å². The Kier molecular flexibility index (Phi) is 10.6. The summed E-state index contributed by atoms with van der Waals surface area (Å²) in [5.74, 6) is 0.755. The van der Waals surface area contributed by atoms with Gasteiger partial charge in [0.15, 0.2) is 0 Å². The van der Waals surface area contributed by atoms with Crippen LogP contribution in [0.1, 0.15) is 60.3 Å². The van der Waals surface area contributed by atoms with Crippen LogP contribution >= 0.6 is 15.9 Å². The Labute approximate surface area is 128 Å². The molecule has 0 saturated carbocycles. The molecule has 0 fully saturated rings. The monoisotopic (exact) mass is 330 g/mol. The zero-order chi connectivity index (χ0) is 14.7. The lowest BCUT2D eigenvalue weighted by Crippen LogP contribution is -2.24. The van der Waals surface area contributed by atoms with Crippen LogP contribution in [0.5, 0.6) is 0 Å². The first kappa shape index (κ1) is 18.9. The lowest BCUT2D eigenvalue weighted by Gasteiger charge is -2.25. The third kappa shape index (κ3) is 11.4. The van der Waals surface area contributed by atoms with E-state index in [1.165, 1.54) is 24.8 Å². The lowest BCUT2D eigenvalue weighted by molar-refractivity contribution is -0.0182. The first-order chi connectivity index (χ1) is 8.91. The van der Waals surface area contributed by atoms with Gasteiger partial charge in [0, 0.05) is 11.9 Å². The molecule has 0 heterocycles. The van der Waals surface area contributed by atoms with Crippen LogP contribution in [0.2, 0.25) is 0 Å². The fourth-order valence-electron chi connectivity index (χ4n) is 2.13. The molecule has 0 spiro atoms. The molecule has 0 radical (unpaired) electrons. The Hall–Kier alpha value is -0.0800. The van der Waals surface area contributed by atoms with E-state index in [4.69, 9.17) is 4.74 Å². The van der Waals surface area contributed by atoms with Crippen molar-refractivity contribution in [3.8, 4) is 0 Å². The van der Waals surface area contributed by atoms with E-state index in [1.54, 1.807) is 0 Å². The third-order valence-corrected chi connectivity index (χ3v) is 3.65. The number of halogens is 1. The van der Waals surface area contributed by atoms with Gasteiger partial charge in [-0.25, -0.2) is 0 Å². The number of alkyl halides is 1. The van der Waals surface area contributed by atoms with Gasteiger partial charge < -0.3 is 4.74 Å². The molecule has 2 heteroatoms. The summed E-state index contributed by atoms with van der Waals surface area (Å²) in [6.45, 7) is 11.7. The third-order valence-electron chi connectivity index (χ3n) is 3.33. The maximum atomic E-state index is 5.72. The highest BCUT2D eigenvalue weighted by atomic mass is 79.9. The predicted octanol–water partition coefficient (Wildman–Crippen LogP) is 5.90. The Bertz CT molecular complexity index is 279. The Morgan fingerprint density at radius 2 is 2.05 bits per heavy atom. The molecule has 0 aromatic heterocycles. The zero-order valence-electron chi connectivity index (χ0n) is 13.3. The van der Waals surface area contributed by atoms with E-state index >= 15 is 0 Å². The molecule has 0 aliphatic heterocycles.